The molecule has 0 saturated carbocycles. The SMILES string of the molecule is CCC(C)(CC(C)(CC(C)(CC(C)(CC(C)(C)C(=O)[O-])C(=O)[O-])C(=O)[O-])C(=O)[O-])C(=O)[O-].[Na+].[Na+].[Na+].[Na+].[Na+]. The predicted molar refractivity (Wildman–Crippen MR) is 100 cm³/mol. The molecule has 0 aliphatic rings. The molecule has 0 aliphatic heterocycles. The maximum absolute atomic E-state index is 12.1. The van der Waals surface area contributed by atoms with Crippen molar-refractivity contribution in [3.8, 4) is 0 Å². The second-order valence-corrected chi connectivity index (χ2v) is 10.6. The minimum Gasteiger partial charge on any atom is -0.550 e. The van der Waals surface area contributed by atoms with Gasteiger partial charge in [-0.05, 0) is 32.1 Å². The van der Waals surface area contributed by atoms with Gasteiger partial charge in [-0.2, -0.15) is 0 Å². The largest absolute Gasteiger partial charge is 1.00 e. The maximum atomic E-state index is 12.1. The summed E-state index contributed by atoms with van der Waals surface area (Å²) < 4.78 is 0. The zero-order valence-corrected chi connectivity index (χ0v) is 34.6. The van der Waals surface area contributed by atoms with Crippen molar-refractivity contribution >= 4 is 29.8 Å². The third kappa shape index (κ3) is 14.4. The molecule has 0 aromatic carbocycles. The Morgan fingerprint density at radius 3 is 0.838 bits per heavy atom. The van der Waals surface area contributed by atoms with Gasteiger partial charge in [0.1, 0.15) is 0 Å². The van der Waals surface area contributed by atoms with Crippen LogP contribution in [0.2, 0.25) is 0 Å². The van der Waals surface area contributed by atoms with Crippen LogP contribution < -0.4 is 173 Å². The first kappa shape index (κ1) is 52.0. The van der Waals surface area contributed by atoms with Gasteiger partial charge in [0, 0.05) is 56.9 Å². The van der Waals surface area contributed by atoms with Gasteiger partial charge in [-0.15, -0.1) is 0 Å². The van der Waals surface area contributed by atoms with Crippen LogP contribution in [0.3, 0.4) is 0 Å². The predicted octanol–water partition coefficient (Wildman–Crippen LogP) is -18.2. The van der Waals surface area contributed by atoms with E-state index in [-0.39, 0.29) is 154 Å². The van der Waals surface area contributed by atoms with Crippen molar-refractivity contribution in [2.75, 3.05) is 0 Å². The topological polar surface area (TPSA) is 201 Å². The van der Waals surface area contributed by atoms with Gasteiger partial charge in [0.25, 0.3) is 0 Å². The van der Waals surface area contributed by atoms with Crippen LogP contribution >= 0.6 is 0 Å². The van der Waals surface area contributed by atoms with Crippen LogP contribution in [-0.4, -0.2) is 29.8 Å². The molecule has 0 rings (SSSR count). The number of aliphatic carboxylic acids is 5. The summed E-state index contributed by atoms with van der Waals surface area (Å²) in [6.07, 6.45) is -2.60. The minimum absolute atomic E-state index is 0. The van der Waals surface area contributed by atoms with Crippen molar-refractivity contribution < 1.29 is 197 Å². The molecule has 0 radical (unpaired) electrons. The Balaban J connectivity index is -0.000000480. The molecule has 0 amide bonds. The van der Waals surface area contributed by atoms with E-state index in [1.165, 1.54) is 27.7 Å². The summed E-state index contributed by atoms with van der Waals surface area (Å²) in [6, 6.07) is 0. The van der Waals surface area contributed by atoms with E-state index in [9.17, 15) is 49.5 Å². The Labute approximate surface area is 329 Å². The molecule has 0 aliphatic carbocycles. The molecule has 184 valence electrons. The first-order valence-electron chi connectivity index (χ1n) is 10.2. The monoisotopic (exact) mass is 570 g/mol. The van der Waals surface area contributed by atoms with Gasteiger partial charge in [0.05, 0.1) is 0 Å². The number of hydrogen-bond donors (Lipinski definition) is 0. The summed E-state index contributed by atoms with van der Waals surface area (Å²) >= 11 is 0. The fourth-order valence-corrected chi connectivity index (χ4v) is 4.59. The Morgan fingerprint density at radius 1 is 0.432 bits per heavy atom. The number of carboxylic acids is 5. The molecule has 0 N–H and O–H groups in total. The molecule has 10 nitrogen and oxygen atoms in total. The number of carboxylic acid groups (broad SMARTS) is 5. The summed E-state index contributed by atoms with van der Waals surface area (Å²) in [5, 5.41) is 59.0. The molecule has 4 unspecified atom stereocenters. The molecular formula is C22H31Na5O10. The van der Waals surface area contributed by atoms with Crippen molar-refractivity contribution in [3.63, 3.8) is 0 Å². The van der Waals surface area contributed by atoms with Crippen LogP contribution in [0.4, 0.5) is 0 Å². The Bertz CT molecular complexity index is 809. The van der Waals surface area contributed by atoms with Gasteiger partial charge < -0.3 is 49.5 Å². The van der Waals surface area contributed by atoms with Crippen LogP contribution in [0.25, 0.3) is 0 Å². The zero-order valence-electron chi connectivity index (χ0n) is 24.6. The van der Waals surface area contributed by atoms with E-state index in [2.05, 4.69) is 0 Å². The van der Waals surface area contributed by atoms with Crippen molar-refractivity contribution in [1.29, 1.82) is 0 Å². The number of rotatable bonds is 14. The minimum atomic E-state index is -2.12. The van der Waals surface area contributed by atoms with E-state index >= 15 is 0 Å². The Morgan fingerprint density at radius 2 is 0.649 bits per heavy atom. The van der Waals surface area contributed by atoms with E-state index in [0.29, 0.717) is 0 Å². The first-order chi connectivity index (χ1) is 14.1. The van der Waals surface area contributed by atoms with Crippen LogP contribution in [0.5, 0.6) is 0 Å². The summed E-state index contributed by atoms with van der Waals surface area (Å²) in [4.78, 5) is 59.0. The molecule has 0 aromatic heterocycles. The average Bonchev–Trinajstić information content (AvgIpc) is 2.59. The third-order valence-electron chi connectivity index (χ3n) is 6.48. The first-order valence-corrected chi connectivity index (χ1v) is 10.2. The van der Waals surface area contributed by atoms with Crippen molar-refractivity contribution in [1.82, 2.24) is 0 Å². The second-order valence-electron chi connectivity index (χ2n) is 10.6. The molecule has 0 saturated heterocycles. The van der Waals surface area contributed by atoms with E-state index in [1.807, 2.05) is 0 Å². The molecule has 15 heteroatoms. The van der Waals surface area contributed by atoms with Gasteiger partial charge in [0.15, 0.2) is 0 Å². The molecule has 0 fully saturated rings. The summed E-state index contributed by atoms with van der Waals surface area (Å²) in [6.45, 7) is 8.45. The van der Waals surface area contributed by atoms with E-state index < -0.39 is 82.6 Å². The number of carbonyl (C=O) groups is 5. The summed E-state index contributed by atoms with van der Waals surface area (Å²) in [5.41, 5.74) is -9.46. The van der Waals surface area contributed by atoms with Crippen LogP contribution in [-0.2, 0) is 24.0 Å². The molecule has 0 bridgehead atoms. The molecular weight excluding hydrogens is 539 g/mol. The zero-order chi connectivity index (χ0) is 25.9. The average molecular weight is 570 g/mol. The normalized spacial score (nSPS) is 16.8. The van der Waals surface area contributed by atoms with Crippen molar-refractivity contribution in [2.45, 2.75) is 80.6 Å². The third-order valence-corrected chi connectivity index (χ3v) is 6.48. The molecule has 37 heavy (non-hydrogen) atoms. The van der Waals surface area contributed by atoms with Gasteiger partial charge in [-0.3, -0.25) is 0 Å². The summed E-state index contributed by atoms with van der Waals surface area (Å²) in [5.74, 6) is -8.33. The van der Waals surface area contributed by atoms with Gasteiger partial charge >= 0.3 is 148 Å². The second kappa shape index (κ2) is 19.5. The molecule has 0 heterocycles. The van der Waals surface area contributed by atoms with Crippen molar-refractivity contribution in [2.24, 2.45) is 27.1 Å². The van der Waals surface area contributed by atoms with Crippen molar-refractivity contribution in [3.05, 3.63) is 0 Å². The van der Waals surface area contributed by atoms with Crippen LogP contribution in [0.15, 0.2) is 0 Å². The summed E-state index contributed by atoms with van der Waals surface area (Å²) in [7, 11) is 0. The van der Waals surface area contributed by atoms with E-state index in [0.717, 1.165) is 20.8 Å². The Hall–Kier alpha value is 2.35. The van der Waals surface area contributed by atoms with E-state index in [1.54, 1.807) is 0 Å². The van der Waals surface area contributed by atoms with Crippen LogP contribution in [0, 0.1) is 27.1 Å². The Kier molecular flexibility index (Phi) is 27.5. The van der Waals surface area contributed by atoms with E-state index in [4.69, 9.17) is 0 Å². The van der Waals surface area contributed by atoms with Gasteiger partial charge in [0.2, 0.25) is 0 Å². The molecule has 4 atom stereocenters. The smallest absolute Gasteiger partial charge is 0.550 e. The quantitative estimate of drug-likeness (QED) is 0.181. The standard InChI is InChI=1S/C22H36O10.5Na/c1-8-19(4,14(25)26)10-21(6,16(29)30)12-22(7,17(31)32)11-20(5,15(27)28)9-18(2,3)13(23)24;;;;;/h8-12H2,1-7H3,(H,23,24)(H,25,26)(H,27,28)(H,29,30)(H,31,32);;;;;/q;5*+1/p-5. The number of hydrogen-bond acceptors (Lipinski definition) is 10. The molecule has 0 spiro atoms. The maximum Gasteiger partial charge on any atom is 1.00 e. The number of carbonyl (C=O) groups excluding carboxylic acids is 5. The fourth-order valence-electron chi connectivity index (χ4n) is 4.59. The van der Waals surface area contributed by atoms with Gasteiger partial charge in [-0.1, -0.05) is 48.5 Å². The van der Waals surface area contributed by atoms with Crippen LogP contribution in [0.1, 0.15) is 80.6 Å². The van der Waals surface area contributed by atoms with Gasteiger partial charge in [-0.25, -0.2) is 0 Å². The molecule has 0 aromatic rings. The fraction of sp³-hybridized carbons (Fsp3) is 0.773.